The number of hydrogen-bond donors (Lipinski definition) is 8. The van der Waals surface area contributed by atoms with E-state index in [4.69, 9.17) is 21.3 Å². The molecule has 2 aromatic carbocycles. The van der Waals surface area contributed by atoms with Crippen molar-refractivity contribution >= 4 is 41.6 Å². The van der Waals surface area contributed by atoms with Gasteiger partial charge in [0.15, 0.2) is 0 Å². The summed E-state index contributed by atoms with van der Waals surface area (Å²) in [4.78, 5) is 89.8. The SMILES string of the molecule is CC(C)(C)OC(=O)N[C@@H](CCCCNC(=O)CCCC(=O)O)C(=O)N[C@@H](CCc1ccccc1)C(=O)N[C@@H](Cc1ccccc1)C(=O)N[C@@H](CCCCN)C(N)=O. The smallest absolute Gasteiger partial charge is 0.408 e. The number of alkyl carbamates (subject to hydrolysis) is 1. The number of aryl methyl sites for hydroxylation is 1. The van der Waals surface area contributed by atoms with Gasteiger partial charge in [-0.1, -0.05) is 60.7 Å². The lowest BCUT2D eigenvalue weighted by Crippen LogP contribution is -2.58. The zero-order valence-corrected chi connectivity index (χ0v) is 33.4. The molecule has 0 saturated heterocycles. The van der Waals surface area contributed by atoms with Crippen molar-refractivity contribution < 1.29 is 43.4 Å². The number of carbonyl (C=O) groups excluding carboxylic acids is 6. The summed E-state index contributed by atoms with van der Waals surface area (Å²) in [6, 6.07) is 13.9. The summed E-state index contributed by atoms with van der Waals surface area (Å²) in [5, 5.41) is 22.4. The monoisotopic (exact) mass is 795 g/mol. The minimum Gasteiger partial charge on any atom is -0.481 e. The summed E-state index contributed by atoms with van der Waals surface area (Å²) in [6.07, 6.45) is 2.33. The van der Waals surface area contributed by atoms with Gasteiger partial charge in [-0.25, -0.2) is 4.79 Å². The number of hydrogen-bond acceptors (Lipinski definition) is 9. The van der Waals surface area contributed by atoms with Gasteiger partial charge in [-0.05, 0) is 96.2 Å². The van der Waals surface area contributed by atoms with Crippen molar-refractivity contribution in [1.29, 1.82) is 0 Å². The average molecular weight is 796 g/mol. The average Bonchev–Trinajstić information content (AvgIpc) is 3.14. The second-order valence-electron chi connectivity index (χ2n) is 14.9. The first-order valence-electron chi connectivity index (χ1n) is 19.5. The minimum absolute atomic E-state index is 0.0678. The number of carboxylic acids is 1. The highest BCUT2D eigenvalue weighted by Gasteiger charge is 2.32. The second kappa shape index (κ2) is 25.6. The van der Waals surface area contributed by atoms with Crippen molar-refractivity contribution in [1.82, 2.24) is 26.6 Å². The van der Waals surface area contributed by atoms with Crippen LogP contribution in [0.4, 0.5) is 4.79 Å². The Kier molecular flexibility index (Phi) is 21.4. The number of ether oxygens (including phenoxy) is 1. The predicted molar refractivity (Wildman–Crippen MR) is 214 cm³/mol. The van der Waals surface area contributed by atoms with E-state index in [0.29, 0.717) is 38.6 Å². The fourth-order valence-electron chi connectivity index (χ4n) is 5.79. The Hall–Kier alpha value is -5.51. The van der Waals surface area contributed by atoms with Crippen LogP contribution in [0.3, 0.4) is 0 Å². The zero-order chi connectivity index (χ0) is 42.2. The molecule has 10 N–H and O–H groups in total. The molecular formula is C41H61N7O9. The number of aliphatic carboxylic acids is 1. The minimum atomic E-state index is -1.16. The molecule has 16 nitrogen and oxygen atoms in total. The van der Waals surface area contributed by atoms with E-state index in [0.717, 1.165) is 11.1 Å². The molecule has 0 heterocycles. The topological polar surface area (TPSA) is 261 Å². The van der Waals surface area contributed by atoms with Crippen LogP contribution in [0.25, 0.3) is 0 Å². The van der Waals surface area contributed by atoms with Crippen molar-refractivity contribution in [3.63, 3.8) is 0 Å². The maximum absolute atomic E-state index is 14.1. The standard InChI is InChI=1S/C41H61N7O9/c1-41(2,3)57-40(56)48-31(20-11-13-26-44-34(49)21-14-22-35(50)51)37(53)46-32(24-23-28-15-6-4-7-16-28)38(54)47-33(27-29-17-8-5-9-18-29)39(55)45-30(36(43)52)19-10-12-25-42/h4-9,15-18,30-33H,10-14,19-27,42H2,1-3H3,(H2,43,52)(H,44,49)(H,45,55)(H,46,53)(H,47,54)(H,48,56)(H,50,51)/t30-,31-,32-,33-/m0/s1. The lowest BCUT2D eigenvalue weighted by Gasteiger charge is -2.27. The fraction of sp³-hybridized carbons (Fsp3) is 0.537. The van der Waals surface area contributed by atoms with Gasteiger partial charge < -0.3 is 47.9 Å². The molecule has 0 spiro atoms. The third-order valence-corrected chi connectivity index (χ3v) is 8.76. The van der Waals surface area contributed by atoms with E-state index < -0.39 is 65.5 Å². The first kappa shape index (κ1) is 47.6. The van der Waals surface area contributed by atoms with Crippen molar-refractivity contribution in [3.05, 3.63) is 71.8 Å². The lowest BCUT2D eigenvalue weighted by atomic mass is 10.0. The summed E-state index contributed by atoms with van der Waals surface area (Å²) in [6.45, 7) is 5.71. The van der Waals surface area contributed by atoms with E-state index in [9.17, 15) is 33.6 Å². The van der Waals surface area contributed by atoms with Gasteiger partial charge in [0.2, 0.25) is 29.5 Å². The summed E-state index contributed by atoms with van der Waals surface area (Å²) in [7, 11) is 0. The normalized spacial score (nSPS) is 13.2. The molecule has 0 fully saturated rings. The van der Waals surface area contributed by atoms with Crippen molar-refractivity contribution in [3.8, 4) is 0 Å². The van der Waals surface area contributed by atoms with Gasteiger partial charge in [-0.15, -0.1) is 0 Å². The van der Waals surface area contributed by atoms with E-state index in [-0.39, 0.29) is 57.4 Å². The number of primary amides is 1. The van der Waals surface area contributed by atoms with Gasteiger partial charge in [0.25, 0.3) is 0 Å². The molecule has 0 unspecified atom stereocenters. The molecule has 0 radical (unpaired) electrons. The number of carboxylic acid groups (broad SMARTS) is 1. The number of nitrogens with two attached hydrogens (primary N) is 2. The molecule has 0 aliphatic rings. The highest BCUT2D eigenvalue weighted by molar-refractivity contribution is 5.95. The Morgan fingerprint density at radius 3 is 1.75 bits per heavy atom. The van der Waals surface area contributed by atoms with E-state index in [2.05, 4.69) is 26.6 Å². The number of unbranched alkanes of at least 4 members (excludes halogenated alkanes) is 2. The number of benzene rings is 2. The van der Waals surface area contributed by atoms with Crippen LogP contribution in [0.5, 0.6) is 0 Å². The summed E-state index contributed by atoms with van der Waals surface area (Å²) in [5.41, 5.74) is 12.0. The van der Waals surface area contributed by atoms with Crippen LogP contribution in [-0.4, -0.2) is 89.6 Å². The third-order valence-electron chi connectivity index (χ3n) is 8.76. The van der Waals surface area contributed by atoms with Gasteiger partial charge in [-0.2, -0.15) is 0 Å². The van der Waals surface area contributed by atoms with Crippen LogP contribution in [0.15, 0.2) is 60.7 Å². The molecular weight excluding hydrogens is 734 g/mol. The fourth-order valence-corrected chi connectivity index (χ4v) is 5.79. The summed E-state index contributed by atoms with van der Waals surface area (Å²) < 4.78 is 5.41. The number of amides is 6. The molecule has 2 rings (SSSR count). The van der Waals surface area contributed by atoms with Gasteiger partial charge in [-0.3, -0.25) is 28.8 Å². The molecule has 0 saturated carbocycles. The highest BCUT2D eigenvalue weighted by Crippen LogP contribution is 2.12. The quantitative estimate of drug-likeness (QED) is 0.0645. The Morgan fingerprint density at radius 2 is 1.18 bits per heavy atom. The van der Waals surface area contributed by atoms with Gasteiger partial charge in [0.1, 0.15) is 29.8 Å². The molecule has 4 atom stereocenters. The lowest BCUT2D eigenvalue weighted by molar-refractivity contribution is -0.137. The summed E-state index contributed by atoms with van der Waals surface area (Å²) in [5.74, 6) is -3.94. The van der Waals surface area contributed by atoms with E-state index in [1.54, 1.807) is 45.0 Å². The third kappa shape index (κ3) is 20.8. The van der Waals surface area contributed by atoms with Crippen LogP contribution < -0.4 is 38.1 Å². The molecule has 2 aromatic rings. The molecule has 0 aromatic heterocycles. The Balaban J connectivity index is 2.30. The number of rotatable bonds is 26. The van der Waals surface area contributed by atoms with Gasteiger partial charge in [0, 0.05) is 25.8 Å². The van der Waals surface area contributed by atoms with Gasteiger partial charge >= 0.3 is 12.1 Å². The highest BCUT2D eigenvalue weighted by atomic mass is 16.6. The Labute approximate surface area is 335 Å². The first-order valence-corrected chi connectivity index (χ1v) is 19.5. The van der Waals surface area contributed by atoms with Crippen LogP contribution >= 0.6 is 0 Å². The van der Waals surface area contributed by atoms with E-state index in [1.165, 1.54) is 0 Å². The summed E-state index contributed by atoms with van der Waals surface area (Å²) >= 11 is 0. The molecule has 16 heteroatoms. The van der Waals surface area contributed by atoms with Crippen LogP contribution in [0.1, 0.15) is 96.1 Å². The van der Waals surface area contributed by atoms with Crippen LogP contribution in [0, 0.1) is 0 Å². The molecule has 314 valence electrons. The Morgan fingerprint density at radius 1 is 0.649 bits per heavy atom. The molecule has 0 aliphatic heterocycles. The second-order valence-corrected chi connectivity index (χ2v) is 14.9. The van der Waals surface area contributed by atoms with E-state index >= 15 is 0 Å². The number of nitrogens with one attached hydrogen (secondary N) is 5. The van der Waals surface area contributed by atoms with Gasteiger partial charge in [0.05, 0.1) is 0 Å². The van der Waals surface area contributed by atoms with Crippen molar-refractivity contribution in [2.45, 2.75) is 128 Å². The van der Waals surface area contributed by atoms with Crippen molar-refractivity contribution in [2.24, 2.45) is 11.5 Å². The maximum Gasteiger partial charge on any atom is 0.408 e. The largest absolute Gasteiger partial charge is 0.481 e. The van der Waals surface area contributed by atoms with Crippen LogP contribution in [0.2, 0.25) is 0 Å². The maximum atomic E-state index is 14.1. The predicted octanol–water partition coefficient (Wildman–Crippen LogP) is 2.37. The van der Waals surface area contributed by atoms with Crippen LogP contribution in [-0.2, 0) is 46.3 Å². The molecule has 6 amide bonds. The van der Waals surface area contributed by atoms with Crippen molar-refractivity contribution in [2.75, 3.05) is 13.1 Å². The zero-order valence-electron chi connectivity index (χ0n) is 33.4. The molecule has 57 heavy (non-hydrogen) atoms. The Bertz CT molecular complexity index is 1590. The van der Waals surface area contributed by atoms with E-state index in [1.807, 2.05) is 36.4 Å². The molecule has 0 bridgehead atoms. The first-order chi connectivity index (χ1) is 27.1. The molecule has 0 aliphatic carbocycles. The number of carbonyl (C=O) groups is 7.